The van der Waals surface area contributed by atoms with E-state index in [4.69, 9.17) is 10.5 Å². The Labute approximate surface area is 156 Å². The van der Waals surface area contributed by atoms with E-state index in [1.807, 2.05) is 42.2 Å². The summed E-state index contributed by atoms with van der Waals surface area (Å²) in [7, 11) is 0. The Bertz CT molecular complexity index is 496. The number of aliphatic hydroxyl groups excluding tert-OH is 1. The summed E-state index contributed by atoms with van der Waals surface area (Å²) in [5.41, 5.74) is 5.91. The molecule has 1 amide bonds. The van der Waals surface area contributed by atoms with Crippen LogP contribution in [0.3, 0.4) is 0 Å². The number of hydrogen-bond donors (Lipinski definition) is 2. The fraction of sp³-hybridized carbons (Fsp3) is 0.611. The van der Waals surface area contributed by atoms with Crippen molar-refractivity contribution < 1.29 is 14.6 Å². The van der Waals surface area contributed by atoms with Crippen molar-refractivity contribution in [2.24, 2.45) is 5.73 Å². The minimum Gasteiger partial charge on any atom is -0.491 e. The number of amides is 1. The lowest BCUT2D eigenvalue weighted by molar-refractivity contribution is -0.134. The van der Waals surface area contributed by atoms with E-state index in [9.17, 15) is 9.90 Å². The summed E-state index contributed by atoms with van der Waals surface area (Å²) >= 11 is 0. The Morgan fingerprint density at radius 1 is 1.24 bits per heavy atom. The summed E-state index contributed by atoms with van der Waals surface area (Å²) < 4.78 is 5.57. The molecule has 2 atom stereocenters. The molecule has 0 spiro atoms. The van der Waals surface area contributed by atoms with Crippen molar-refractivity contribution in [1.82, 2.24) is 9.80 Å². The molecule has 0 aromatic heterocycles. The third kappa shape index (κ3) is 7.20. The van der Waals surface area contributed by atoms with E-state index < -0.39 is 6.10 Å². The number of nitrogens with two attached hydrogens (primary N) is 1. The van der Waals surface area contributed by atoms with E-state index in [1.54, 1.807) is 0 Å². The van der Waals surface area contributed by atoms with E-state index in [1.165, 1.54) is 0 Å². The zero-order valence-electron chi connectivity index (χ0n) is 14.8. The molecule has 6 nitrogen and oxygen atoms in total. The molecular formula is C18H30ClN3O3. The van der Waals surface area contributed by atoms with Crippen LogP contribution in [0.4, 0.5) is 0 Å². The van der Waals surface area contributed by atoms with Gasteiger partial charge in [0.15, 0.2) is 0 Å². The van der Waals surface area contributed by atoms with Crippen LogP contribution in [-0.4, -0.2) is 72.3 Å². The predicted molar refractivity (Wildman–Crippen MR) is 101 cm³/mol. The first-order chi connectivity index (χ1) is 11.6. The number of piperazine rings is 1. The quantitative estimate of drug-likeness (QED) is 0.716. The fourth-order valence-electron chi connectivity index (χ4n) is 2.88. The van der Waals surface area contributed by atoms with Crippen molar-refractivity contribution >= 4 is 18.3 Å². The molecule has 0 aliphatic carbocycles. The van der Waals surface area contributed by atoms with Crippen LogP contribution in [0.1, 0.15) is 19.8 Å². The molecule has 25 heavy (non-hydrogen) atoms. The molecule has 1 heterocycles. The van der Waals surface area contributed by atoms with Crippen molar-refractivity contribution in [1.29, 1.82) is 0 Å². The lowest BCUT2D eigenvalue weighted by Crippen LogP contribution is -2.54. The van der Waals surface area contributed by atoms with Gasteiger partial charge in [-0.15, -0.1) is 12.4 Å². The lowest BCUT2D eigenvalue weighted by Gasteiger charge is -2.36. The minimum atomic E-state index is -0.546. The highest BCUT2D eigenvalue weighted by Crippen LogP contribution is 2.10. The molecule has 1 fully saturated rings. The van der Waals surface area contributed by atoms with Crippen molar-refractivity contribution in [2.75, 3.05) is 39.3 Å². The van der Waals surface area contributed by atoms with Gasteiger partial charge in [-0.05, 0) is 18.6 Å². The number of nitrogens with zero attached hydrogens (tertiary/aromatic N) is 2. The first kappa shape index (κ1) is 21.7. The lowest BCUT2D eigenvalue weighted by atomic mass is 10.1. The number of para-hydroxylation sites is 1. The number of rotatable bonds is 8. The molecule has 1 aliphatic heterocycles. The average Bonchev–Trinajstić information content (AvgIpc) is 2.61. The van der Waals surface area contributed by atoms with Gasteiger partial charge in [0.1, 0.15) is 18.5 Å². The molecule has 1 aromatic rings. The van der Waals surface area contributed by atoms with Gasteiger partial charge in [-0.3, -0.25) is 9.69 Å². The first-order valence-corrected chi connectivity index (χ1v) is 8.72. The van der Waals surface area contributed by atoms with Crippen LogP contribution < -0.4 is 10.5 Å². The summed E-state index contributed by atoms with van der Waals surface area (Å²) in [4.78, 5) is 16.2. The third-order valence-corrected chi connectivity index (χ3v) is 4.26. The SMILES string of the molecule is CCCC(N)C(=O)N1CCN(CC(O)COc2ccccc2)CC1.Cl. The van der Waals surface area contributed by atoms with Crippen LogP contribution in [0.2, 0.25) is 0 Å². The highest BCUT2D eigenvalue weighted by Gasteiger charge is 2.25. The molecule has 0 saturated carbocycles. The molecular weight excluding hydrogens is 342 g/mol. The van der Waals surface area contributed by atoms with Gasteiger partial charge in [0.25, 0.3) is 0 Å². The highest BCUT2D eigenvalue weighted by molar-refractivity contribution is 5.85. The topological polar surface area (TPSA) is 79.0 Å². The van der Waals surface area contributed by atoms with Gasteiger partial charge in [-0.25, -0.2) is 0 Å². The van der Waals surface area contributed by atoms with E-state index >= 15 is 0 Å². The van der Waals surface area contributed by atoms with Crippen molar-refractivity contribution in [3.8, 4) is 5.75 Å². The minimum absolute atomic E-state index is 0. The Morgan fingerprint density at radius 3 is 2.48 bits per heavy atom. The van der Waals surface area contributed by atoms with Crippen LogP contribution in [-0.2, 0) is 4.79 Å². The Kier molecular flexibility index (Phi) is 9.82. The van der Waals surface area contributed by atoms with Crippen LogP contribution >= 0.6 is 12.4 Å². The monoisotopic (exact) mass is 371 g/mol. The summed E-state index contributed by atoms with van der Waals surface area (Å²) in [6.45, 7) is 5.70. The molecule has 2 unspecified atom stereocenters. The van der Waals surface area contributed by atoms with Gasteiger partial charge in [0.05, 0.1) is 6.04 Å². The molecule has 0 bridgehead atoms. The standard InChI is InChI=1S/C18H29N3O3.ClH/c1-2-6-17(19)18(23)21-11-9-20(10-12-21)13-15(22)14-24-16-7-4-3-5-8-16;/h3-5,7-8,15,17,22H,2,6,9-14,19H2,1H3;1H. The molecule has 0 radical (unpaired) electrons. The summed E-state index contributed by atoms with van der Waals surface area (Å²) in [6, 6.07) is 9.10. The molecule has 1 aromatic carbocycles. The maximum Gasteiger partial charge on any atom is 0.239 e. The second-order valence-corrected chi connectivity index (χ2v) is 6.30. The van der Waals surface area contributed by atoms with Crippen molar-refractivity contribution in [3.05, 3.63) is 30.3 Å². The Morgan fingerprint density at radius 2 is 1.88 bits per heavy atom. The fourth-order valence-corrected chi connectivity index (χ4v) is 2.88. The average molecular weight is 372 g/mol. The maximum atomic E-state index is 12.2. The maximum absolute atomic E-state index is 12.2. The number of hydrogen-bond acceptors (Lipinski definition) is 5. The van der Waals surface area contributed by atoms with Crippen LogP contribution in [0.15, 0.2) is 30.3 Å². The Balaban J connectivity index is 0.00000312. The van der Waals surface area contributed by atoms with Crippen molar-refractivity contribution in [3.63, 3.8) is 0 Å². The van der Waals surface area contributed by atoms with Gasteiger partial charge < -0.3 is 20.5 Å². The number of aliphatic hydroxyl groups is 1. The zero-order chi connectivity index (χ0) is 17.4. The van der Waals surface area contributed by atoms with Gasteiger partial charge in [-0.1, -0.05) is 31.5 Å². The van der Waals surface area contributed by atoms with Gasteiger partial charge in [0.2, 0.25) is 5.91 Å². The van der Waals surface area contributed by atoms with E-state index in [0.29, 0.717) is 19.6 Å². The predicted octanol–water partition coefficient (Wildman–Crippen LogP) is 1.12. The molecule has 3 N–H and O–H groups in total. The van der Waals surface area contributed by atoms with E-state index in [0.717, 1.165) is 31.7 Å². The van der Waals surface area contributed by atoms with Gasteiger partial charge >= 0.3 is 0 Å². The molecule has 1 saturated heterocycles. The second kappa shape index (κ2) is 11.3. The number of benzene rings is 1. The van der Waals surface area contributed by atoms with E-state index in [2.05, 4.69) is 4.90 Å². The smallest absolute Gasteiger partial charge is 0.239 e. The zero-order valence-corrected chi connectivity index (χ0v) is 15.7. The molecule has 2 rings (SSSR count). The van der Waals surface area contributed by atoms with E-state index in [-0.39, 0.29) is 31.0 Å². The number of ether oxygens (including phenoxy) is 1. The Hall–Kier alpha value is -1.34. The summed E-state index contributed by atoms with van der Waals surface area (Å²) in [5, 5.41) is 10.1. The van der Waals surface area contributed by atoms with Crippen LogP contribution in [0.5, 0.6) is 5.75 Å². The summed E-state index contributed by atoms with van der Waals surface area (Å²) in [5.74, 6) is 0.807. The van der Waals surface area contributed by atoms with Crippen LogP contribution in [0, 0.1) is 0 Å². The second-order valence-electron chi connectivity index (χ2n) is 6.30. The number of carbonyl (C=O) groups is 1. The molecule has 142 valence electrons. The number of β-amino-alcohol motifs (C(OH)–C–C–N with tert-alkyl or cyclic N) is 1. The third-order valence-electron chi connectivity index (χ3n) is 4.26. The number of carbonyl (C=O) groups excluding carboxylic acids is 1. The van der Waals surface area contributed by atoms with Crippen LogP contribution in [0.25, 0.3) is 0 Å². The van der Waals surface area contributed by atoms with Gasteiger partial charge in [0, 0.05) is 32.7 Å². The normalized spacial score (nSPS) is 17.5. The molecule has 1 aliphatic rings. The van der Waals surface area contributed by atoms with Gasteiger partial charge in [-0.2, -0.15) is 0 Å². The largest absolute Gasteiger partial charge is 0.491 e. The summed E-state index contributed by atoms with van der Waals surface area (Å²) in [6.07, 6.45) is 1.10. The molecule has 7 heteroatoms. The first-order valence-electron chi connectivity index (χ1n) is 8.72. The van der Waals surface area contributed by atoms with Crippen molar-refractivity contribution in [2.45, 2.75) is 31.9 Å². The number of halogens is 1. The highest BCUT2D eigenvalue weighted by atomic mass is 35.5.